The molecule has 0 aliphatic heterocycles. The molecular weight excluding hydrogens is 344 g/mol. The molecule has 4 aromatic rings. The second-order valence-corrected chi connectivity index (χ2v) is 7.20. The fraction of sp³-hybridized carbons (Fsp3) is 0.125. The molecule has 8 heteroatoms. The highest BCUT2D eigenvalue weighted by molar-refractivity contribution is 7.20. The van der Waals surface area contributed by atoms with Gasteiger partial charge in [-0.3, -0.25) is 9.59 Å². The molecule has 0 saturated heterocycles. The summed E-state index contributed by atoms with van der Waals surface area (Å²) in [5.74, 6) is -0.0987. The fourth-order valence-corrected chi connectivity index (χ4v) is 3.82. The maximum Gasteiger partial charge on any atom is 0.216 e. The second kappa shape index (κ2) is 6.14. The van der Waals surface area contributed by atoms with Crippen molar-refractivity contribution in [1.29, 1.82) is 0 Å². The summed E-state index contributed by atoms with van der Waals surface area (Å²) in [6.07, 6.45) is 0. The van der Waals surface area contributed by atoms with Crippen LogP contribution in [0.3, 0.4) is 0 Å². The SMILES string of the molecule is Cc1nc(N)sc1C(=O)c1sc(N)nc1C.O=c1c2ccccc12. The Morgan fingerprint density at radius 2 is 1.33 bits per heavy atom. The third-order valence-electron chi connectivity index (χ3n) is 3.39. The van der Waals surface area contributed by atoms with Crippen molar-refractivity contribution in [3.63, 3.8) is 0 Å². The van der Waals surface area contributed by atoms with E-state index in [1.165, 1.54) is 22.7 Å². The largest absolute Gasteiger partial charge is 0.375 e. The van der Waals surface area contributed by atoms with Crippen molar-refractivity contribution in [3.05, 3.63) is 55.6 Å². The number of hydrogen-bond donors (Lipinski definition) is 2. The predicted molar refractivity (Wildman–Crippen MR) is 98.5 cm³/mol. The lowest BCUT2D eigenvalue weighted by molar-refractivity contribution is 0.104. The first-order valence-electron chi connectivity index (χ1n) is 7.02. The summed E-state index contributed by atoms with van der Waals surface area (Å²) in [5, 5.41) is 2.59. The number of ketones is 1. The lowest BCUT2D eigenvalue weighted by atomic mass is 10.2. The molecule has 4 N–H and O–H groups in total. The van der Waals surface area contributed by atoms with Crippen molar-refractivity contribution in [2.24, 2.45) is 0 Å². The van der Waals surface area contributed by atoms with E-state index in [9.17, 15) is 9.59 Å². The second-order valence-electron chi connectivity index (χ2n) is 5.14. The van der Waals surface area contributed by atoms with Crippen LogP contribution in [0.5, 0.6) is 0 Å². The molecule has 2 aromatic heterocycles. The minimum Gasteiger partial charge on any atom is -0.375 e. The van der Waals surface area contributed by atoms with Crippen LogP contribution in [0.2, 0.25) is 0 Å². The molecule has 0 amide bonds. The molecule has 0 spiro atoms. The number of hydrogen-bond acceptors (Lipinski definition) is 8. The van der Waals surface area contributed by atoms with Gasteiger partial charge in [0.25, 0.3) is 0 Å². The molecule has 0 radical (unpaired) electrons. The zero-order valence-electron chi connectivity index (χ0n) is 13.0. The van der Waals surface area contributed by atoms with E-state index in [2.05, 4.69) is 9.97 Å². The van der Waals surface area contributed by atoms with Crippen molar-refractivity contribution in [2.75, 3.05) is 11.5 Å². The minimum absolute atomic E-state index is 0.0987. The van der Waals surface area contributed by atoms with E-state index in [0.717, 1.165) is 10.8 Å². The molecule has 0 saturated carbocycles. The van der Waals surface area contributed by atoms with Crippen LogP contribution in [0.1, 0.15) is 25.9 Å². The Bertz CT molecular complexity index is 975. The molecule has 0 atom stereocenters. The van der Waals surface area contributed by atoms with Crippen LogP contribution in [-0.4, -0.2) is 15.8 Å². The number of rotatable bonds is 2. The number of carbonyl (C=O) groups excluding carboxylic acids is 1. The van der Waals surface area contributed by atoms with Gasteiger partial charge in [0.2, 0.25) is 5.78 Å². The molecule has 0 aliphatic rings. The van der Waals surface area contributed by atoms with Crippen molar-refractivity contribution in [1.82, 2.24) is 9.97 Å². The highest BCUT2D eigenvalue weighted by Crippen LogP contribution is 2.28. The average Bonchev–Trinajstić information content (AvgIpc) is 2.87. The standard InChI is InChI=1S/C9H10N4OS2.C7H4O/c1-3-6(15-8(10)12-3)5(14)7-4(2)13-9(11)16-7;8-7-5-3-1-2-4-6(5)7/h1-2H3,(H2,10,12)(H2,11,13);1-4H. The van der Waals surface area contributed by atoms with Crippen LogP contribution in [0.25, 0.3) is 10.8 Å². The quantitative estimate of drug-likeness (QED) is 0.533. The van der Waals surface area contributed by atoms with Crippen LogP contribution in [-0.2, 0) is 0 Å². The summed E-state index contributed by atoms with van der Waals surface area (Å²) in [5.41, 5.74) is 12.6. The van der Waals surface area contributed by atoms with Gasteiger partial charge in [-0.1, -0.05) is 46.9 Å². The number of anilines is 2. The highest BCUT2D eigenvalue weighted by atomic mass is 32.1. The monoisotopic (exact) mass is 358 g/mol. The molecule has 4 rings (SSSR count). The van der Waals surface area contributed by atoms with Crippen molar-refractivity contribution in [3.8, 4) is 0 Å². The Morgan fingerprint density at radius 1 is 0.917 bits per heavy atom. The van der Waals surface area contributed by atoms with E-state index in [1.54, 1.807) is 13.8 Å². The number of nitrogens with two attached hydrogens (primary N) is 2. The highest BCUT2D eigenvalue weighted by Gasteiger charge is 2.20. The zero-order valence-corrected chi connectivity index (χ0v) is 14.6. The topological polar surface area (TPSA) is 112 Å². The number of fused-ring (bicyclic) bond motifs is 1. The minimum atomic E-state index is -0.0987. The van der Waals surface area contributed by atoms with E-state index in [0.29, 0.717) is 31.4 Å². The number of aromatic nitrogens is 2. The van der Waals surface area contributed by atoms with Crippen LogP contribution in [0.15, 0.2) is 29.1 Å². The first-order chi connectivity index (χ1) is 11.4. The summed E-state index contributed by atoms with van der Waals surface area (Å²) >= 11 is 2.38. The Morgan fingerprint density at radius 3 is 1.62 bits per heavy atom. The van der Waals surface area contributed by atoms with Crippen molar-refractivity contribution in [2.45, 2.75) is 13.8 Å². The van der Waals surface area contributed by atoms with Gasteiger partial charge in [-0.2, -0.15) is 0 Å². The maximum absolute atomic E-state index is 12.1. The molecular formula is C16H14N4O2S2. The van der Waals surface area contributed by atoms with Gasteiger partial charge in [-0.25, -0.2) is 9.97 Å². The molecule has 24 heavy (non-hydrogen) atoms. The third kappa shape index (κ3) is 3.06. The first kappa shape index (κ1) is 16.3. The van der Waals surface area contributed by atoms with Gasteiger partial charge < -0.3 is 11.5 Å². The number of nitrogens with zero attached hydrogens (tertiary/aromatic N) is 2. The van der Waals surface area contributed by atoms with Crippen molar-refractivity contribution < 1.29 is 4.79 Å². The molecule has 122 valence electrons. The van der Waals surface area contributed by atoms with E-state index in [1.807, 2.05) is 24.3 Å². The summed E-state index contributed by atoms with van der Waals surface area (Å²) in [7, 11) is 0. The molecule has 2 aromatic carbocycles. The van der Waals surface area contributed by atoms with Crippen molar-refractivity contribution >= 4 is 49.5 Å². The van der Waals surface area contributed by atoms with E-state index >= 15 is 0 Å². The van der Waals surface area contributed by atoms with Gasteiger partial charge >= 0.3 is 0 Å². The Hall–Kier alpha value is -2.58. The van der Waals surface area contributed by atoms with Gasteiger partial charge in [0.15, 0.2) is 15.7 Å². The zero-order chi connectivity index (χ0) is 17.4. The predicted octanol–water partition coefficient (Wildman–Crippen LogP) is 2.69. The first-order valence-corrected chi connectivity index (χ1v) is 8.66. The smallest absolute Gasteiger partial charge is 0.216 e. The van der Waals surface area contributed by atoms with Crippen LogP contribution in [0.4, 0.5) is 10.3 Å². The fourth-order valence-electron chi connectivity index (χ4n) is 2.19. The van der Waals surface area contributed by atoms with Gasteiger partial charge in [-0.15, -0.1) is 0 Å². The van der Waals surface area contributed by atoms with Gasteiger partial charge in [0.1, 0.15) is 9.75 Å². The van der Waals surface area contributed by atoms with Crippen LogP contribution >= 0.6 is 22.7 Å². The van der Waals surface area contributed by atoms with Crippen LogP contribution < -0.4 is 16.9 Å². The van der Waals surface area contributed by atoms with Gasteiger partial charge in [-0.05, 0) is 13.8 Å². The van der Waals surface area contributed by atoms with Gasteiger partial charge in [0.05, 0.1) is 11.4 Å². The molecule has 0 unspecified atom stereocenters. The summed E-state index contributed by atoms with van der Waals surface area (Å²) < 4.78 is 0. The summed E-state index contributed by atoms with van der Waals surface area (Å²) in [6.45, 7) is 3.53. The molecule has 0 bridgehead atoms. The van der Waals surface area contributed by atoms with Gasteiger partial charge in [0, 0.05) is 10.8 Å². The molecule has 2 heterocycles. The maximum atomic E-state index is 12.1. The normalized spacial score (nSPS) is 10.8. The lowest BCUT2D eigenvalue weighted by Gasteiger charge is -1.95. The number of thiazole rings is 2. The number of benzene rings is 1. The Labute approximate surface area is 145 Å². The Balaban J connectivity index is 0.000000175. The number of nitrogen functional groups attached to an aromatic ring is 2. The summed E-state index contributed by atoms with van der Waals surface area (Å²) in [4.78, 5) is 31.9. The number of carbonyl (C=O) groups is 1. The summed E-state index contributed by atoms with van der Waals surface area (Å²) in [6, 6.07) is 7.45. The van der Waals surface area contributed by atoms with Crippen LogP contribution in [0, 0.1) is 13.8 Å². The molecule has 6 nitrogen and oxygen atoms in total. The van der Waals surface area contributed by atoms with E-state index < -0.39 is 0 Å². The lowest BCUT2D eigenvalue weighted by Crippen LogP contribution is -2.00. The third-order valence-corrected chi connectivity index (χ3v) is 5.36. The van der Waals surface area contributed by atoms with E-state index in [4.69, 9.17) is 11.5 Å². The number of aryl methyl sites for hydroxylation is 2. The molecule has 0 fully saturated rings. The average molecular weight is 358 g/mol. The van der Waals surface area contributed by atoms with E-state index in [-0.39, 0.29) is 11.2 Å². The molecule has 0 aliphatic carbocycles. The Kier molecular flexibility index (Phi) is 4.16.